The van der Waals surface area contributed by atoms with E-state index in [1.165, 1.54) is 29.5 Å². The van der Waals surface area contributed by atoms with E-state index >= 15 is 0 Å². The Morgan fingerprint density at radius 1 is 1.39 bits per heavy atom. The second-order valence-electron chi connectivity index (χ2n) is 9.43. The Bertz CT molecular complexity index is 1190. The molecule has 36 heavy (non-hydrogen) atoms. The summed E-state index contributed by atoms with van der Waals surface area (Å²) in [5.41, 5.74) is 2.77. The summed E-state index contributed by atoms with van der Waals surface area (Å²) in [5, 5.41) is 20.7. The second kappa shape index (κ2) is 11.4. The van der Waals surface area contributed by atoms with E-state index in [4.69, 9.17) is 9.47 Å². The van der Waals surface area contributed by atoms with E-state index in [1.54, 1.807) is 0 Å². The first kappa shape index (κ1) is 25.5. The van der Waals surface area contributed by atoms with Gasteiger partial charge in [-0.1, -0.05) is 29.4 Å². The molecule has 3 aliphatic carbocycles. The Morgan fingerprint density at radius 2 is 2.25 bits per heavy atom. The van der Waals surface area contributed by atoms with Crippen LogP contribution in [0.25, 0.3) is 0 Å². The lowest BCUT2D eigenvalue weighted by Crippen LogP contribution is -2.34. The van der Waals surface area contributed by atoms with Crippen LogP contribution in [0.5, 0.6) is 0 Å². The van der Waals surface area contributed by atoms with Crippen molar-refractivity contribution in [3.63, 3.8) is 0 Å². The third-order valence-corrected chi connectivity index (χ3v) is 7.17. The lowest BCUT2D eigenvalue weighted by Gasteiger charge is -2.45. The van der Waals surface area contributed by atoms with Gasteiger partial charge in [0.2, 0.25) is 0 Å². The molecule has 3 aliphatic rings. The van der Waals surface area contributed by atoms with Gasteiger partial charge in [-0.15, -0.1) is 0 Å². The monoisotopic (exact) mass is 495 g/mol. The molecule has 1 saturated carbocycles. The first-order chi connectivity index (χ1) is 17.4. The maximum Gasteiger partial charge on any atom is 0.306 e. The summed E-state index contributed by atoms with van der Waals surface area (Å²) in [6.45, 7) is 3.08. The molecule has 1 heterocycles. The summed E-state index contributed by atoms with van der Waals surface area (Å²) >= 11 is 0. The van der Waals surface area contributed by atoms with Gasteiger partial charge in [0, 0.05) is 30.9 Å². The summed E-state index contributed by atoms with van der Waals surface area (Å²) in [7, 11) is 0. The molecule has 192 valence electrons. The van der Waals surface area contributed by atoms with Crippen molar-refractivity contribution in [2.45, 2.75) is 51.9 Å². The van der Waals surface area contributed by atoms with E-state index in [0.29, 0.717) is 38.5 Å². The van der Waals surface area contributed by atoms with E-state index in [2.05, 4.69) is 35.4 Å². The molecule has 9 heteroatoms. The number of allylic oxidation sites excluding steroid dienone is 7. The zero-order chi connectivity index (χ0) is 25.5. The standard InChI is InChI=1S/C27H33N3O6/c1-2-35-26(31)17-20-8-11-27-12-9-24(18-22(27)7-4-3-6-21(27)16-20)36-15-5-13-28-25-19-23(30(33)34)10-14-29(25)32/h3-4,6,9-10,14,18-20,32H,2,5,7-8,11-13,15-17H2,1H3/t20?,27-/m0/s1. The van der Waals surface area contributed by atoms with Crippen LogP contribution in [0.3, 0.4) is 0 Å². The average Bonchev–Trinajstić information content (AvgIpc) is 3.04. The lowest BCUT2D eigenvalue weighted by atomic mass is 9.59. The van der Waals surface area contributed by atoms with E-state index in [1.807, 2.05) is 6.92 Å². The smallest absolute Gasteiger partial charge is 0.306 e. The van der Waals surface area contributed by atoms with Crippen LogP contribution in [-0.4, -0.2) is 40.6 Å². The number of nitrogens with zero attached hydrogens (tertiary/aromatic N) is 3. The van der Waals surface area contributed by atoms with Gasteiger partial charge in [0.15, 0.2) is 5.49 Å². The normalized spacial score (nSPS) is 23.4. The number of aromatic nitrogens is 1. The molecule has 4 rings (SSSR count). The Kier molecular flexibility index (Phi) is 8.07. The van der Waals surface area contributed by atoms with Crippen LogP contribution in [0.4, 0.5) is 5.69 Å². The van der Waals surface area contributed by atoms with Gasteiger partial charge in [-0.2, -0.15) is 4.73 Å². The second-order valence-corrected chi connectivity index (χ2v) is 9.43. The summed E-state index contributed by atoms with van der Waals surface area (Å²) in [6.07, 6.45) is 17.9. The minimum absolute atomic E-state index is 0.00757. The van der Waals surface area contributed by atoms with Crippen molar-refractivity contribution in [1.29, 1.82) is 0 Å². The lowest BCUT2D eigenvalue weighted by molar-refractivity contribution is -0.385. The van der Waals surface area contributed by atoms with E-state index in [9.17, 15) is 20.1 Å². The highest BCUT2D eigenvalue weighted by molar-refractivity contribution is 5.69. The largest absolute Gasteiger partial charge is 0.494 e. The van der Waals surface area contributed by atoms with E-state index in [-0.39, 0.29) is 22.6 Å². The molecule has 0 radical (unpaired) electrons. The molecule has 1 fully saturated rings. The van der Waals surface area contributed by atoms with Crippen molar-refractivity contribution in [2.75, 3.05) is 19.8 Å². The number of nitro groups is 1. The van der Waals surface area contributed by atoms with Gasteiger partial charge in [0.05, 0.1) is 30.4 Å². The van der Waals surface area contributed by atoms with Crippen molar-refractivity contribution >= 4 is 11.7 Å². The summed E-state index contributed by atoms with van der Waals surface area (Å²) in [5.74, 6) is 1.07. The van der Waals surface area contributed by atoms with Crippen LogP contribution < -0.4 is 5.49 Å². The number of carbonyl (C=O) groups is 1. The Labute approximate surface area is 210 Å². The number of hydrogen-bond donors (Lipinski definition) is 1. The molecule has 2 atom stereocenters. The van der Waals surface area contributed by atoms with Crippen molar-refractivity contribution in [1.82, 2.24) is 4.73 Å². The van der Waals surface area contributed by atoms with Gasteiger partial charge >= 0.3 is 5.97 Å². The van der Waals surface area contributed by atoms with Gasteiger partial charge in [0.1, 0.15) is 5.76 Å². The molecule has 1 unspecified atom stereocenters. The molecule has 1 aromatic rings. The van der Waals surface area contributed by atoms with Crippen LogP contribution in [0, 0.1) is 21.4 Å². The molecule has 0 bridgehead atoms. The molecule has 0 saturated heterocycles. The molecule has 9 nitrogen and oxygen atoms in total. The number of carbonyl (C=O) groups excluding carboxylic acids is 1. The van der Waals surface area contributed by atoms with Gasteiger partial charge in [0.25, 0.3) is 5.69 Å². The zero-order valence-electron chi connectivity index (χ0n) is 20.6. The maximum atomic E-state index is 12.0. The molecular weight excluding hydrogens is 462 g/mol. The summed E-state index contributed by atoms with van der Waals surface area (Å²) < 4.78 is 12.0. The van der Waals surface area contributed by atoms with Gasteiger partial charge in [-0.05, 0) is 57.1 Å². The highest BCUT2D eigenvalue weighted by Gasteiger charge is 2.43. The van der Waals surface area contributed by atoms with Crippen molar-refractivity contribution in [3.05, 3.63) is 81.2 Å². The van der Waals surface area contributed by atoms with Crippen LogP contribution in [0.15, 0.2) is 70.6 Å². The fourth-order valence-corrected chi connectivity index (χ4v) is 5.34. The highest BCUT2D eigenvalue weighted by atomic mass is 16.6. The van der Waals surface area contributed by atoms with Gasteiger partial charge < -0.3 is 14.7 Å². The van der Waals surface area contributed by atoms with Crippen molar-refractivity contribution < 1.29 is 24.4 Å². The molecule has 1 aromatic heterocycles. The molecule has 0 aromatic carbocycles. The van der Waals surface area contributed by atoms with Crippen molar-refractivity contribution in [3.8, 4) is 0 Å². The first-order valence-electron chi connectivity index (χ1n) is 12.5. The Morgan fingerprint density at radius 3 is 3.06 bits per heavy atom. The van der Waals surface area contributed by atoms with Crippen molar-refractivity contribution in [2.24, 2.45) is 16.3 Å². The number of pyridine rings is 1. The first-order valence-corrected chi connectivity index (χ1v) is 12.5. The fraction of sp³-hybridized carbons (Fsp3) is 0.481. The number of rotatable bonds is 9. The summed E-state index contributed by atoms with van der Waals surface area (Å²) in [6, 6.07) is 2.45. The quantitative estimate of drug-likeness (QED) is 0.173. The SMILES string of the molecule is CCOC(=O)CC1CC[C@@]23CC=C(OCCCN=c4cc([N+](=O)[O-])ccn4O)C=C2CC=CC=C3C1. The van der Waals surface area contributed by atoms with Crippen LogP contribution >= 0.6 is 0 Å². The van der Waals surface area contributed by atoms with E-state index < -0.39 is 4.92 Å². The predicted octanol–water partition coefficient (Wildman–Crippen LogP) is 4.78. The molecule has 1 spiro atoms. The van der Waals surface area contributed by atoms with Crippen LogP contribution in [-0.2, 0) is 14.3 Å². The molecule has 1 N–H and O–H groups in total. The maximum absolute atomic E-state index is 12.0. The molecular formula is C27H33N3O6. The molecule has 0 aliphatic heterocycles. The van der Waals surface area contributed by atoms with Crippen LogP contribution in [0.1, 0.15) is 51.9 Å². The highest BCUT2D eigenvalue weighted by Crippen LogP contribution is 2.55. The third-order valence-electron chi connectivity index (χ3n) is 7.17. The molecule has 0 amide bonds. The zero-order valence-corrected chi connectivity index (χ0v) is 20.6. The average molecular weight is 496 g/mol. The number of esters is 1. The minimum Gasteiger partial charge on any atom is -0.494 e. The Hall–Kier alpha value is -3.62. The van der Waals surface area contributed by atoms with Gasteiger partial charge in [-0.25, -0.2) is 0 Å². The number of ether oxygens (including phenoxy) is 2. The predicted molar refractivity (Wildman–Crippen MR) is 133 cm³/mol. The summed E-state index contributed by atoms with van der Waals surface area (Å²) in [4.78, 5) is 26.7. The van der Waals surface area contributed by atoms with Crippen LogP contribution in [0.2, 0.25) is 0 Å². The Balaban J connectivity index is 1.34. The topological polar surface area (TPSA) is 116 Å². The minimum atomic E-state index is -0.520. The van der Waals surface area contributed by atoms with Gasteiger partial charge in [-0.3, -0.25) is 19.9 Å². The fourth-order valence-electron chi connectivity index (χ4n) is 5.34. The van der Waals surface area contributed by atoms with E-state index in [0.717, 1.165) is 42.6 Å². The third kappa shape index (κ3) is 5.78. The number of hydrogen-bond acceptors (Lipinski definition) is 7.